The van der Waals surface area contributed by atoms with Gasteiger partial charge in [-0.1, -0.05) is 72.0 Å². The maximum Gasteiger partial charge on any atom is 0.0645 e. The van der Waals surface area contributed by atoms with Gasteiger partial charge in [-0.05, 0) is 47.4 Å². The third-order valence-corrected chi connectivity index (χ3v) is 3.96. The van der Waals surface area contributed by atoms with Gasteiger partial charge in [0.15, 0.2) is 0 Å². The Morgan fingerprint density at radius 2 is 1.35 bits per heavy atom. The Balaban J connectivity index is 2.26. The Morgan fingerprint density at radius 1 is 0.654 bits per heavy atom. The first kappa shape index (κ1) is 6.00. The second-order valence-electron chi connectivity index (χ2n) is 5.20. The SMILES string of the molecule is [2H]c1c([2H])c([2H])c(-n2c3c([2H])c([2H])c([2H])c([2H])c3c3c(-c4c([2H])c([2H])c(Cl)c([2H])c4[2H])c([2H])c([2H])c([2H])c32)c([2H])c1[2H]. The lowest BCUT2D eigenvalue weighted by molar-refractivity contribution is 1.18. The first-order chi connectivity index (χ1) is 19.5. The first-order valence-electron chi connectivity index (χ1n) is 15.4. The highest BCUT2D eigenvalue weighted by molar-refractivity contribution is 6.30. The lowest BCUT2D eigenvalue weighted by Crippen LogP contribution is -1.92. The fourth-order valence-electron chi connectivity index (χ4n) is 2.76. The largest absolute Gasteiger partial charge is 0.309 e. The third kappa shape index (κ3) is 2.33. The second kappa shape index (κ2) is 6.05. The average Bonchev–Trinajstić information content (AvgIpc) is 3.31. The molecule has 0 N–H and O–H groups in total. The quantitative estimate of drug-likeness (QED) is 0.312. The number of para-hydroxylation sites is 2. The molecule has 124 valence electrons. The maximum atomic E-state index is 8.79. The van der Waals surface area contributed by atoms with Crippen LogP contribution in [0.15, 0.2) is 96.7 Å². The van der Waals surface area contributed by atoms with Crippen LogP contribution in [0, 0.1) is 0 Å². The highest BCUT2D eigenvalue weighted by Crippen LogP contribution is 2.38. The Hall–Kier alpha value is -3.03. The molecule has 0 saturated heterocycles. The van der Waals surface area contributed by atoms with Crippen LogP contribution in [-0.2, 0) is 0 Å². The van der Waals surface area contributed by atoms with E-state index in [0.717, 1.165) is 4.57 Å². The molecule has 0 aliphatic heterocycles. The Labute approximate surface area is 179 Å². The van der Waals surface area contributed by atoms with Gasteiger partial charge in [0.2, 0.25) is 0 Å². The van der Waals surface area contributed by atoms with Crippen molar-refractivity contribution in [2.75, 3.05) is 0 Å². The minimum absolute atomic E-state index is 0.363. The average molecular weight is 370 g/mol. The topological polar surface area (TPSA) is 4.93 Å². The third-order valence-electron chi connectivity index (χ3n) is 3.78. The Morgan fingerprint density at radius 3 is 2.15 bits per heavy atom. The van der Waals surface area contributed by atoms with E-state index in [2.05, 4.69) is 0 Å². The number of rotatable bonds is 2. The number of hydrogen-bond acceptors (Lipinski definition) is 0. The Kier molecular flexibility index (Phi) is 1.40. The molecule has 0 aliphatic carbocycles. The van der Waals surface area contributed by atoms with Crippen molar-refractivity contribution in [3.05, 3.63) is 102 Å². The summed E-state index contributed by atoms with van der Waals surface area (Å²) in [5, 5.41) is -1.27. The molecule has 5 rings (SSSR count). The fraction of sp³-hybridized carbons (Fsp3) is 0. The molecule has 0 amide bonds. The number of fused-ring (bicyclic) bond motifs is 3. The molecule has 0 spiro atoms. The molecule has 0 radical (unpaired) electrons. The van der Waals surface area contributed by atoms with Crippen molar-refractivity contribution in [1.82, 2.24) is 4.57 Å². The van der Waals surface area contributed by atoms with Crippen LogP contribution in [0.3, 0.4) is 0 Å². The minimum Gasteiger partial charge on any atom is -0.309 e. The van der Waals surface area contributed by atoms with E-state index < -0.39 is 130 Å². The molecule has 1 nitrogen and oxygen atoms in total. The Bertz CT molecular complexity index is 2010. The number of benzene rings is 4. The molecule has 0 fully saturated rings. The first-order valence-corrected chi connectivity index (χ1v) is 7.74. The van der Waals surface area contributed by atoms with Gasteiger partial charge in [-0.25, -0.2) is 0 Å². The summed E-state index contributed by atoms with van der Waals surface area (Å²) in [6.45, 7) is 0. The lowest BCUT2D eigenvalue weighted by atomic mass is 9.99. The molecule has 0 unspecified atom stereocenters. The fourth-order valence-corrected chi connectivity index (χ4v) is 2.86. The van der Waals surface area contributed by atoms with Crippen LogP contribution in [0.2, 0.25) is 5.02 Å². The van der Waals surface area contributed by atoms with Crippen molar-refractivity contribution in [3.8, 4) is 16.8 Å². The number of hydrogen-bond donors (Lipinski definition) is 0. The zero-order chi connectivity index (χ0) is 31.4. The van der Waals surface area contributed by atoms with Crippen molar-refractivity contribution in [1.29, 1.82) is 0 Å². The van der Waals surface area contributed by atoms with E-state index in [-0.39, 0.29) is 10.8 Å². The molecular formula is C24H16ClN. The summed E-state index contributed by atoms with van der Waals surface area (Å²) in [7, 11) is 0. The van der Waals surface area contributed by atoms with Crippen molar-refractivity contribution < 1.29 is 21.9 Å². The van der Waals surface area contributed by atoms with Gasteiger partial charge < -0.3 is 4.57 Å². The van der Waals surface area contributed by atoms with Crippen LogP contribution in [0.4, 0.5) is 0 Å². The molecule has 0 saturated carbocycles. The van der Waals surface area contributed by atoms with Crippen molar-refractivity contribution in [2.45, 2.75) is 0 Å². The van der Waals surface area contributed by atoms with E-state index >= 15 is 0 Å². The van der Waals surface area contributed by atoms with E-state index in [1.54, 1.807) is 0 Å². The predicted octanol–water partition coefficient (Wildman–Crippen LogP) is 7.10. The molecular weight excluding hydrogens is 338 g/mol. The molecule has 1 heterocycles. The van der Waals surface area contributed by atoms with Gasteiger partial charge in [0.1, 0.15) is 0 Å². The number of aromatic nitrogens is 1. The highest BCUT2D eigenvalue weighted by atomic mass is 35.5. The summed E-state index contributed by atoms with van der Waals surface area (Å²) in [5.74, 6) is 0. The summed E-state index contributed by atoms with van der Waals surface area (Å²) >= 11 is 5.98. The molecule has 0 aliphatic rings. The van der Waals surface area contributed by atoms with Crippen LogP contribution in [0.5, 0.6) is 0 Å². The monoisotopic (exact) mass is 369 g/mol. The van der Waals surface area contributed by atoms with E-state index in [1.807, 2.05) is 0 Å². The predicted molar refractivity (Wildman–Crippen MR) is 111 cm³/mol. The van der Waals surface area contributed by atoms with E-state index in [9.17, 15) is 0 Å². The number of nitrogens with zero attached hydrogens (tertiary/aromatic N) is 1. The number of halogens is 1. The highest BCUT2D eigenvalue weighted by Gasteiger charge is 2.15. The maximum absolute atomic E-state index is 8.79. The van der Waals surface area contributed by atoms with Gasteiger partial charge in [-0.15, -0.1) is 0 Å². The molecule has 0 bridgehead atoms. The standard InChI is InChI=1S/C24H16ClN/c25-18-15-13-17(14-16-18)20-10-6-12-23-24(20)21-9-4-5-11-22(21)26(23)19-7-2-1-3-8-19/h1-16H/i1D,2D,3D,4D,5D,6D,7D,8D,9D,10D,11D,12D,13D,14D,15D,16D. The second-order valence-corrected chi connectivity index (χ2v) is 5.57. The van der Waals surface area contributed by atoms with Crippen LogP contribution in [-0.4, -0.2) is 4.57 Å². The van der Waals surface area contributed by atoms with Crippen LogP contribution < -0.4 is 0 Å². The van der Waals surface area contributed by atoms with Gasteiger partial charge in [0.05, 0.1) is 33.0 Å². The normalized spacial score (nSPS) is 19.9. The van der Waals surface area contributed by atoms with E-state index in [1.165, 1.54) is 0 Å². The minimum atomic E-state index is -0.809. The molecule has 1 aromatic heterocycles. The summed E-state index contributed by atoms with van der Waals surface area (Å²) in [4.78, 5) is 0. The molecule has 4 aromatic carbocycles. The zero-order valence-electron chi connectivity index (χ0n) is 28.8. The van der Waals surface area contributed by atoms with Gasteiger partial charge >= 0.3 is 0 Å². The van der Waals surface area contributed by atoms with Gasteiger partial charge in [-0.3, -0.25) is 0 Å². The van der Waals surface area contributed by atoms with Crippen LogP contribution >= 0.6 is 11.6 Å². The summed E-state index contributed by atoms with van der Waals surface area (Å²) < 4.78 is 136. The van der Waals surface area contributed by atoms with Gasteiger partial charge in [-0.2, -0.15) is 0 Å². The van der Waals surface area contributed by atoms with Crippen LogP contribution in [0.1, 0.15) is 21.9 Å². The smallest absolute Gasteiger partial charge is 0.0645 e. The molecule has 5 aromatic rings. The summed E-state index contributed by atoms with van der Waals surface area (Å²) in [6, 6.07) is -12.0. The lowest BCUT2D eigenvalue weighted by Gasteiger charge is -2.08. The van der Waals surface area contributed by atoms with E-state index in [4.69, 9.17) is 33.5 Å². The van der Waals surface area contributed by atoms with Gasteiger partial charge in [0.25, 0.3) is 0 Å². The molecule has 26 heavy (non-hydrogen) atoms. The van der Waals surface area contributed by atoms with Crippen molar-refractivity contribution >= 4 is 33.4 Å². The summed E-state index contributed by atoms with van der Waals surface area (Å²) in [6.07, 6.45) is 0. The molecule has 2 heteroatoms. The van der Waals surface area contributed by atoms with Crippen LogP contribution in [0.25, 0.3) is 38.6 Å². The van der Waals surface area contributed by atoms with Crippen molar-refractivity contribution in [3.63, 3.8) is 0 Å². The van der Waals surface area contributed by atoms with Crippen molar-refractivity contribution in [2.24, 2.45) is 0 Å². The van der Waals surface area contributed by atoms with Gasteiger partial charge in [0, 0.05) is 21.5 Å². The zero-order valence-corrected chi connectivity index (χ0v) is 13.6. The molecule has 0 atom stereocenters. The summed E-state index contributed by atoms with van der Waals surface area (Å²) in [5.41, 5.74) is -2.53. The van der Waals surface area contributed by atoms with E-state index in [0.29, 0.717) is 0 Å².